The minimum absolute atomic E-state index is 0.145. The molecule has 0 aliphatic heterocycles. The largest absolute Gasteiger partial charge is 0.0878 e. The lowest BCUT2D eigenvalue weighted by Gasteiger charge is -2.58. The predicted octanol–water partition coefficient (Wildman–Crippen LogP) is 8.95. The van der Waals surface area contributed by atoms with Gasteiger partial charge < -0.3 is 0 Å². The van der Waals surface area contributed by atoms with Crippen LogP contribution in [-0.2, 0) is 0 Å². The van der Waals surface area contributed by atoms with Gasteiger partial charge in [-0.3, -0.25) is 0 Å². The van der Waals surface area contributed by atoms with Gasteiger partial charge in [0.25, 0.3) is 0 Å². The molecule has 2 fully saturated rings. The van der Waals surface area contributed by atoms with Crippen molar-refractivity contribution in [1.29, 1.82) is 0 Å². The molecule has 142 valence electrons. The molecule has 8 unspecified atom stereocenters. The van der Waals surface area contributed by atoms with Crippen molar-refractivity contribution in [1.82, 2.24) is 0 Å². The summed E-state index contributed by atoms with van der Waals surface area (Å²) in [5.41, 5.74) is 0. The van der Waals surface area contributed by atoms with Crippen LogP contribution in [0, 0.1) is 0 Å². The lowest BCUT2D eigenvalue weighted by molar-refractivity contribution is 0.332. The monoisotopic (exact) mass is 973 g/mol. The van der Waals surface area contributed by atoms with Gasteiger partial charge in [-0.05, 0) is 12.8 Å². The first-order chi connectivity index (χ1) is 11.0. The number of halogens is 10. The van der Waals surface area contributed by atoms with Gasteiger partial charge in [-0.2, -0.15) is 0 Å². The quantitative estimate of drug-likeness (QED) is 0.231. The molecule has 2 aliphatic carbocycles. The third-order valence-electron chi connectivity index (χ3n) is 4.94. The maximum absolute atomic E-state index is 4.23. The minimum Gasteiger partial charge on any atom is -0.0878 e. The van der Waals surface area contributed by atoms with Gasteiger partial charge in [0.1, 0.15) is 0 Å². The first-order valence-electron chi connectivity index (χ1n) is 7.50. The summed E-state index contributed by atoms with van der Waals surface area (Å²) in [4.78, 5) is 2.35. The second-order valence-electron chi connectivity index (χ2n) is 6.38. The fourth-order valence-corrected chi connectivity index (χ4v) is 15.9. The van der Waals surface area contributed by atoms with Crippen LogP contribution in [0.2, 0.25) is 0 Å². The van der Waals surface area contributed by atoms with Gasteiger partial charge in [0.05, 0.1) is 8.65 Å². The zero-order valence-electron chi connectivity index (χ0n) is 12.2. The van der Waals surface area contributed by atoms with E-state index in [1.807, 2.05) is 0 Å². The molecule has 0 amide bonds. The Kier molecular flexibility index (Phi) is 10.4. The molecule has 0 heterocycles. The van der Waals surface area contributed by atoms with Crippen LogP contribution in [0.5, 0.6) is 0 Å². The van der Waals surface area contributed by atoms with Crippen molar-refractivity contribution >= 4 is 159 Å². The molecule has 0 aromatic carbocycles. The molecule has 10 heteroatoms. The van der Waals surface area contributed by atoms with Crippen LogP contribution in [-0.4, -0.2) is 47.3 Å². The number of hydrogen-bond donors (Lipinski definition) is 0. The Labute approximate surface area is 228 Å². The summed E-state index contributed by atoms with van der Waals surface area (Å²) in [6.45, 7) is 0. The highest BCUT2D eigenvalue weighted by molar-refractivity contribution is 9.17. The van der Waals surface area contributed by atoms with E-state index in [1.54, 1.807) is 0 Å². The van der Waals surface area contributed by atoms with Gasteiger partial charge in [0, 0.05) is 38.6 Å². The maximum atomic E-state index is 4.23. The van der Waals surface area contributed by atoms with Crippen LogP contribution in [0.1, 0.15) is 25.7 Å². The minimum atomic E-state index is -0.211. The van der Waals surface area contributed by atoms with Crippen molar-refractivity contribution in [3.63, 3.8) is 0 Å². The van der Waals surface area contributed by atoms with Crippen molar-refractivity contribution in [2.45, 2.75) is 72.9 Å². The van der Waals surface area contributed by atoms with Crippen molar-refractivity contribution < 1.29 is 0 Å². The molecule has 2 aliphatic rings. The Hall–Kier alpha value is 4.80. The van der Waals surface area contributed by atoms with Gasteiger partial charge in [-0.25, -0.2) is 0 Å². The zero-order valence-corrected chi connectivity index (χ0v) is 28.1. The normalized spacial score (nSPS) is 57.2. The molecule has 0 spiro atoms. The van der Waals surface area contributed by atoms with Crippen molar-refractivity contribution in [3.8, 4) is 0 Å². The highest BCUT2D eigenvalue weighted by Crippen LogP contribution is 2.62. The van der Waals surface area contributed by atoms with Gasteiger partial charge in [-0.15, -0.1) is 0 Å². The van der Waals surface area contributed by atoms with Gasteiger partial charge in [0.15, 0.2) is 0 Å². The molecular weight excluding hydrogens is 967 g/mol. The molecule has 2 rings (SSSR count). The van der Waals surface area contributed by atoms with E-state index in [0.717, 1.165) is 6.42 Å². The molecule has 0 aromatic rings. The van der Waals surface area contributed by atoms with Gasteiger partial charge >= 0.3 is 0 Å². The highest BCUT2D eigenvalue weighted by atomic mass is 79.9. The number of hydrogen-bond acceptors (Lipinski definition) is 0. The third-order valence-corrected chi connectivity index (χ3v) is 24.3. The van der Waals surface area contributed by atoms with E-state index in [1.165, 1.54) is 19.3 Å². The fourth-order valence-electron chi connectivity index (χ4n) is 3.43. The molecular formula is C14H16Br10. The lowest BCUT2D eigenvalue weighted by atomic mass is 9.73. The van der Waals surface area contributed by atoms with Crippen molar-refractivity contribution in [2.24, 2.45) is 0 Å². The highest BCUT2D eigenvalue weighted by Gasteiger charge is 2.66. The summed E-state index contributed by atoms with van der Waals surface area (Å²) in [5.74, 6) is 0. The Morgan fingerprint density at radius 1 is 0.583 bits per heavy atom. The van der Waals surface area contributed by atoms with Crippen molar-refractivity contribution in [2.75, 3.05) is 0 Å². The van der Waals surface area contributed by atoms with Crippen LogP contribution in [0.15, 0.2) is 0 Å². The topological polar surface area (TPSA) is 0 Å². The van der Waals surface area contributed by atoms with Crippen molar-refractivity contribution in [3.05, 3.63) is 0 Å². The lowest BCUT2D eigenvalue weighted by Crippen LogP contribution is -2.70. The van der Waals surface area contributed by atoms with Crippen LogP contribution >= 0.6 is 159 Å². The smallest absolute Gasteiger partial charge is 0.0693 e. The Bertz CT molecular complexity index is 431. The summed E-state index contributed by atoms with van der Waals surface area (Å²) < 4.78 is -0.356. The third kappa shape index (κ3) is 4.38. The SMILES string of the molecule is BrC1CCCCC(Br)(C2(Br)C(Br)C(Br)C(Br)C(Br)C2Br)C(Br)C1Br. The summed E-state index contributed by atoms with van der Waals surface area (Å²) in [6.07, 6.45) is 4.70. The average molecular weight is 983 g/mol. The van der Waals surface area contributed by atoms with Crippen LogP contribution in [0.4, 0.5) is 0 Å². The molecule has 0 bridgehead atoms. The van der Waals surface area contributed by atoms with E-state index in [0.29, 0.717) is 14.5 Å². The standard InChI is InChI=1S/C14H16Br10/c15-5-3-1-2-4-13(23,10(20)6(5)16)14(24)11(21)8(18)7(17)9(19)12(14)22/h5-12H,1-4H2. The summed E-state index contributed by atoms with van der Waals surface area (Å²) in [6, 6.07) is 0. The van der Waals surface area contributed by atoms with E-state index in [9.17, 15) is 0 Å². The predicted molar refractivity (Wildman–Crippen MR) is 144 cm³/mol. The molecule has 0 radical (unpaired) electrons. The second-order valence-corrected chi connectivity index (χ2v) is 17.5. The Morgan fingerprint density at radius 3 is 1.58 bits per heavy atom. The molecule has 24 heavy (non-hydrogen) atoms. The first-order valence-corrected chi connectivity index (χ1v) is 16.4. The van der Waals surface area contributed by atoms with Crippen LogP contribution in [0.25, 0.3) is 0 Å². The molecule has 2 saturated carbocycles. The number of rotatable bonds is 1. The zero-order chi connectivity index (χ0) is 18.4. The summed E-state index contributed by atoms with van der Waals surface area (Å²) in [5, 5.41) is 0. The van der Waals surface area contributed by atoms with Gasteiger partial charge in [0.2, 0.25) is 0 Å². The summed E-state index contributed by atoms with van der Waals surface area (Å²) in [7, 11) is 0. The maximum Gasteiger partial charge on any atom is 0.0693 e. The molecule has 0 N–H and O–H groups in total. The Balaban J connectivity index is 2.50. The average Bonchev–Trinajstić information content (AvgIpc) is 2.57. The van der Waals surface area contributed by atoms with E-state index in [4.69, 9.17) is 0 Å². The molecule has 8 atom stereocenters. The van der Waals surface area contributed by atoms with Crippen LogP contribution < -0.4 is 0 Å². The van der Waals surface area contributed by atoms with E-state index >= 15 is 0 Å². The second kappa shape index (κ2) is 9.95. The van der Waals surface area contributed by atoms with E-state index in [-0.39, 0.29) is 32.8 Å². The van der Waals surface area contributed by atoms with E-state index in [2.05, 4.69) is 159 Å². The molecule has 0 saturated heterocycles. The molecule has 0 aromatic heterocycles. The Morgan fingerprint density at radius 2 is 1.08 bits per heavy atom. The molecule has 0 nitrogen and oxygen atoms in total. The van der Waals surface area contributed by atoms with Crippen LogP contribution in [0.3, 0.4) is 0 Å². The van der Waals surface area contributed by atoms with E-state index < -0.39 is 0 Å². The number of alkyl halides is 10. The first kappa shape index (κ1) is 25.1. The fraction of sp³-hybridized carbons (Fsp3) is 1.00. The summed E-state index contributed by atoms with van der Waals surface area (Å²) >= 11 is 40.0. The van der Waals surface area contributed by atoms with Gasteiger partial charge in [-0.1, -0.05) is 172 Å².